The Morgan fingerprint density at radius 3 is 2.53 bits per heavy atom. The molecule has 4 aromatic rings. The second-order valence-corrected chi connectivity index (χ2v) is 7.20. The van der Waals surface area contributed by atoms with Crippen molar-refractivity contribution in [3.8, 4) is 5.75 Å². The van der Waals surface area contributed by atoms with Gasteiger partial charge < -0.3 is 15.0 Å². The Morgan fingerprint density at radius 2 is 1.67 bits per heavy atom. The van der Waals surface area contributed by atoms with Gasteiger partial charge in [0.1, 0.15) is 18.2 Å². The number of rotatable bonds is 6. The van der Waals surface area contributed by atoms with Gasteiger partial charge in [0.2, 0.25) is 5.95 Å². The third-order valence-electron chi connectivity index (χ3n) is 5.15. The Kier molecular flexibility index (Phi) is 5.00. The van der Waals surface area contributed by atoms with Gasteiger partial charge in [-0.2, -0.15) is 4.98 Å². The Morgan fingerprint density at radius 1 is 0.867 bits per heavy atom. The van der Waals surface area contributed by atoms with E-state index in [1.807, 2.05) is 48.5 Å². The minimum absolute atomic E-state index is 0.556. The maximum atomic E-state index is 5.86. The maximum Gasteiger partial charge on any atom is 0.231 e. The van der Waals surface area contributed by atoms with E-state index >= 15 is 0 Å². The lowest BCUT2D eigenvalue weighted by Gasteiger charge is -2.17. The molecule has 148 valence electrons. The normalized spacial score (nSPS) is 12.5. The molecule has 0 amide bonds. The van der Waals surface area contributed by atoms with Gasteiger partial charge in [-0.3, -0.25) is 0 Å². The van der Waals surface area contributed by atoms with Gasteiger partial charge in [-0.25, -0.2) is 4.98 Å². The Hall–Kier alpha value is -3.86. The largest absolute Gasteiger partial charge is 0.489 e. The number of ether oxygens (including phenoxy) is 1. The van der Waals surface area contributed by atoms with Crippen LogP contribution < -0.4 is 15.0 Å². The van der Waals surface area contributed by atoms with Crippen LogP contribution in [0.3, 0.4) is 0 Å². The third kappa shape index (κ3) is 3.96. The van der Waals surface area contributed by atoms with E-state index < -0.39 is 0 Å². The van der Waals surface area contributed by atoms with E-state index in [1.165, 1.54) is 11.3 Å². The molecule has 0 bridgehead atoms. The van der Waals surface area contributed by atoms with Crippen molar-refractivity contribution in [3.05, 3.63) is 102 Å². The van der Waals surface area contributed by atoms with Gasteiger partial charge in [0.25, 0.3) is 0 Å². The summed E-state index contributed by atoms with van der Waals surface area (Å²) in [6.45, 7) is 1.45. The first-order valence-corrected chi connectivity index (χ1v) is 10.1. The van der Waals surface area contributed by atoms with Crippen molar-refractivity contribution in [2.75, 3.05) is 16.8 Å². The van der Waals surface area contributed by atoms with E-state index in [0.29, 0.717) is 12.6 Å². The SMILES string of the molecule is c1ccc(COc2ccc(Nc3ccnc(N4CCc5ccccc54)n3)cc2)cc1. The van der Waals surface area contributed by atoms with Crippen LogP contribution >= 0.6 is 0 Å². The molecule has 0 radical (unpaired) electrons. The standard InChI is InChI=1S/C25H22N4O/c1-2-6-19(7-3-1)18-30-22-12-10-21(11-13-22)27-24-14-16-26-25(28-24)29-17-15-20-8-4-5-9-23(20)29/h1-14,16H,15,17-18H2,(H,26,27,28). The molecule has 1 N–H and O–H groups in total. The summed E-state index contributed by atoms with van der Waals surface area (Å²) in [5.41, 5.74) is 4.63. The van der Waals surface area contributed by atoms with E-state index in [9.17, 15) is 0 Å². The third-order valence-corrected chi connectivity index (χ3v) is 5.15. The molecule has 1 aromatic heterocycles. The fourth-order valence-corrected chi connectivity index (χ4v) is 3.62. The highest BCUT2D eigenvalue weighted by atomic mass is 16.5. The van der Waals surface area contributed by atoms with Crippen LogP contribution in [0, 0.1) is 0 Å². The summed E-state index contributed by atoms with van der Waals surface area (Å²) in [6.07, 6.45) is 2.81. The summed E-state index contributed by atoms with van der Waals surface area (Å²) in [4.78, 5) is 11.4. The van der Waals surface area contributed by atoms with Gasteiger partial charge in [-0.1, -0.05) is 48.5 Å². The van der Waals surface area contributed by atoms with Crippen LogP contribution in [0.2, 0.25) is 0 Å². The van der Waals surface area contributed by atoms with Crippen LogP contribution in [0.25, 0.3) is 0 Å². The number of hydrogen-bond acceptors (Lipinski definition) is 5. The fraction of sp³-hybridized carbons (Fsp3) is 0.120. The smallest absolute Gasteiger partial charge is 0.231 e. The molecule has 0 atom stereocenters. The molecule has 0 spiro atoms. The second-order valence-electron chi connectivity index (χ2n) is 7.20. The fourth-order valence-electron chi connectivity index (χ4n) is 3.62. The van der Waals surface area contributed by atoms with Crippen molar-refractivity contribution >= 4 is 23.1 Å². The summed E-state index contributed by atoms with van der Waals surface area (Å²) >= 11 is 0. The topological polar surface area (TPSA) is 50.3 Å². The zero-order valence-electron chi connectivity index (χ0n) is 16.5. The summed E-state index contributed by atoms with van der Waals surface area (Å²) in [7, 11) is 0. The molecule has 0 unspecified atom stereocenters. The molecular formula is C25H22N4O. The Bertz CT molecular complexity index is 1130. The lowest BCUT2D eigenvalue weighted by atomic mass is 10.2. The van der Waals surface area contributed by atoms with Gasteiger partial charge >= 0.3 is 0 Å². The highest BCUT2D eigenvalue weighted by molar-refractivity contribution is 5.67. The predicted molar refractivity (Wildman–Crippen MR) is 120 cm³/mol. The number of anilines is 4. The van der Waals surface area contributed by atoms with Gasteiger partial charge in [0.15, 0.2) is 0 Å². The molecule has 3 aromatic carbocycles. The van der Waals surface area contributed by atoms with Crippen molar-refractivity contribution < 1.29 is 4.74 Å². The number of aromatic nitrogens is 2. The maximum absolute atomic E-state index is 5.86. The predicted octanol–water partition coefficient (Wildman–Crippen LogP) is 5.49. The van der Waals surface area contributed by atoms with Crippen LogP contribution in [-0.4, -0.2) is 16.5 Å². The lowest BCUT2D eigenvalue weighted by molar-refractivity contribution is 0.306. The monoisotopic (exact) mass is 394 g/mol. The molecule has 2 heterocycles. The average Bonchev–Trinajstić information content (AvgIpc) is 3.24. The first-order chi connectivity index (χ1) is 14.8. The first-order valence-electron chi connectivity index (χ1n) is 10.1. The molecular weight excluding hydrogens is 372 g/mol. The van der Waals surface area contributed by atoms with Gasteiger partial charge in [-0.05, 0) is 53.9 Å². The lowest BCUT2D eigenvalue weighted by Crippen LogP contribution is -2.16. The first kappa shape index (κ1) is 18.2. The highest BCUT2D eigenvalue weighted by Gasteiger charge is 2.21. The summed E-state index contributed by atoms with van der Waals surface area (Å²) in [5, 5.41) is 3.36. The highest BCUT2D eigenvalue weighted by Crippen LogP contribution is 2.32. The zero-order chi connectivity index (χ0) is 20.2. The number of nitrogens with one attached hydrogen (secondary N) is 1. The van der Waals surface area contributed by atoms with Gasteiger partial charge in [0.05, 0.1) is 0 Å². The Labute approximate surface area is 176 Å². The van der Waals surface area contributed by atoms with Crippen LogP contribution in [0.5, 0.6) is 5.75 Å². The number of benzene rings is 3. The average molecular weight is 394 g/mol. The number of para-hydroxylation sites is 1. The molecule has 0 saturated heterocycles. The van der Waals surface area contributed by atoms with Crippen molar-refractivity contribution in [3.63, 3.8) is 0 Å². The van der Waals surface area contributed by atoms with E-state index in [4.69, 9.17) is 9.72 Å². The zero-order valence-corrected chi connectivity index (χ0v) is 16.5. The van der Waals surface area contributed by atoms with E-state index in [0.717, 1.165) is 35.8 Å². The molecule has 30 heavy (non-hydrogen) atoms. The Balaban J connectivity index is 1.26. The summed E-state index contributed by atoms with van der Waals surface area (Å²) in [5.74, 6) is 2.32. The molecule has 5 rings (SSSR count). The molecule has 5 heteroatoms. The van der Waals surface area contributed by atoms with Crippen LogP contribution in [0.4, 0.5) is 23.1 Å². The van der Waals surface area contributed by atoms with Gasteiger partial charge in [0, 0.05) is 24.1 Å². The summed E-state index contributed by atoms with van der Waals surface area (Å²) < 4.78 is 5.86. The van der Waals surface area contributed by atoms with E-state index in [-0.39, 0.29) is 0 Å². The quantitative estimate of drug-likeness (QED) is 0.468. The van der Waals surface area contributed by atoms with Crippen molar-refractivity contribution in [2.45, 2.75) is 13.0 Å². The van der Waals surface area contributed by atoms with E-state index in [2.05, 4.69) is 51.6 Å². The molecule has 1 aliphatic rings. The second kappa shape index (κ2) is 8.25. The minimum Gasteiger partial charge on any atom is -0.489 e. The number of fused-ring (bicyclic) bond motifs is 1. The summed E-state index contributed by atoms with van der Waals surface area (Å²) in [6, 6.07) is 28.4. The number of hydrogen-bond donors (Lipinski definition) is 1. The van der Waals surface area contributed by atoms with Crippen molar-refractivity contribution in [1.82, 2.24) is 9.97 Å². The van der Waals surface area contributed by atoms with Crippen LogP contribution in [0.1, 0.15) is 11.1 Å². The van der Waals surface area contributed by atoms with Crippen molar-refractivity contribution in [1.29, 1.82) is 0 Å². The van der Waals surface area contributed by atoms with Gasteiger partial charge in [-0.15, -0.1) is 0 Å². The molecule has 1 aliphatic heterocycles. The van der Waals surface area contributed by atoms with Crippen molar-refractivity contribution in [2.24, 2.45) is 0 Å². The molecule has 5 nitrogen and oxygen atoms in total. The molecule has 0 aliphatic carbocycles. The minimum atomic E-state index is 0.556. The van der Waals surface area contributed by atoms with Crippen LogP contribution in [0.15, 0.2) is 91.1 Å². The number of nitrogens with zero attached hydrogens (tertiary/aromatic N) is 3. The van der Waals surface area contributed by atoms with Crippen LogP contribution in [-0.2, 0) is 13.0 Å². The molecule has 0 saturated carbocycles. The molecule has 0 fully saturated rings. The van der Waals surface area contributed by atoms with E-state index in [1.54, 1.807) is 6.20 Å².